The van der Waals surface area contributed by atoms with E-state index < -0.39 is 18.2 Å². The molecule has 0 bridgehead atoms. The number of nitrogens with zero attached hydrogens (tertiary/aromatic N) is 9. The van der Waals surface area contributed by atoms with E-state index in [1.807, 2.05) is 65.7 Å². The fourth-order valence-electron chi connectivity index (χ4n) is 13.4. The van der Waals surface area contributed by atoms with Crippen molar-refractivity contribution in [3.8, 4) is 16.1 Å². The van der Waals surface area contributed by atoms with Gasteiger partial charge in [-0.2, -0.15) is 10.1 Å². The van der Waals surface area contributed by atoms with Crippen molar-refractivity contribution in [2.75, 3.05) is 45.8 Å². The monoisotopic (exact) mass is 1020 g/mol. The van der Waals surface area contributed by atoms with Gasteiger partial charge in [-0.05, 0) is 137 Å². The second-order valence-corrected chi connectivity index (χ2v) is 23.4. The van der Waals surface area contributed by atoms with Gasteiger partial charge < -0.3 is 20.2 Å². The summed E-state index contributed by atoms with van der Waals surface area (Å²) < 4.78 is 2.23. The van der Waals surface area contributed by atoms with E-state index in [0.29, 0.717) is 61.3 Å². The number of carbonyl (C=O) groups is 3. The predicted octanol–water partition coefficient (Wildman–Crippen LogP) is 8.12. The second-order valence-electron chi connectivity index (χ2n) is 22.1. The minimum Gasteiger partial charge on any atom is -0.391 e. The van der Waals surface area contributed by atoms with E-state index in [1.165, 1.54) is 17.5 Å². The third kappa shape index (κ3) is 8.97. The Balaban J connectivity index is 0.689. The average Bonchev–Trinajstić information content (AvgIpc) is 3.64. The lowest BCUT2D eigenvalue weighted by Gasteiger charge is -2.41. The first-order chi connectivity index (χ1) is 35.4. The van der Waals surface area contributed by atoms with E-state index in [0.717, 1.165) is 103 Å². The number of aliphatic hydroxyl groups excluding tert-OH is 1. The van der Waals surface area contributed by atoms with E-state index in [-0.39, 0.29) is 59.7 Å². The van der Waals surface area contributed by atoms with Gasteiger partial charge in [0.15, 0.2) is 0 Å². The number of fused-ring (bicyclic) bond motifs is 7. The molecular weight excluding hydrogens is 960 g/mol. The minimum absolute atomic E-state index is 0.0500. The molecule has 5 atom stereocenters. The van der Waals surface area contributed by atoms with Gasteiger partial charge in [0.05, 0.1) is 74.4 Å². The van der Waals surface area contributed by atoms with Crippen molar-refractivity contribution in [2.24, 2.45) is 22.2 Å². The van der Waals surface area contributed by atoms with Crippen LogP contribution < -0.4 is 10.9 Å². The Hall–Kier alpha value is -5.55. The number of amides is 3. The molecule has 382 valence electrons. The summed E-state index contributed by atoms with van der Waals surface area (Å²) in [5, 5.41) is 26.1. The Labute approximate surface area is 435 Å². The summed E-state index contributed by atoms with van der Waals surface area (Å²) >= 11 is 8.24. The fraction of sp³-hybridized carbons (Fsp3) is 0.536. The molecule has 2 aliphatic carbocycles. The number of hydrogen-bond donors (Lipinski definition) is 2. The SMILES string of the molecule is Cc1ncsc1-c1ccc([C@H](C)NC(=O)[C@@H]2C[C@@H](O)CN2C(=O)[C@H](C2CCN(C(=O)CN3CCC(c4ccc5c(c4)-n4c(nc(=O)c6c(Cl)cccc64)C54CCCCC4)CC3)CC2)N2CC(C3CC3)N=N2)cc1. The molecule has 2 aromatic heterocycles. The minimum atomic E-state index is -0.826. The predicted molar refractivity (Wildman–Crippen MR) is 281 cm³/mol. The first-order valence-corrected chi connectivity index (χ1v) is 28.0. The zero-order valence-electron chi connectivity index (χ0n) is 41.8. The molecule has 73 heavy (non-hydrogen) atoms. The highest BCUT2D eigenvalue weighted by Gasteiger charge is 2.49. The number of carbonyl (C=O) groups excluding carboxylic acids is 3. The summed E-state index contributed by atoms with van der Waals surface area (Å²) in [7, 11) is 0. The molecule has 0 radical (unpaired) electrons. The van der Waals surface area contributed by atoms with Crippen LogP contribution in [0.3, 0.4) is 0 Å². The number of halogens is 1. The highest BCUT2D eigenvalue weighted by molar-refractivity contribution is 7.13. The summed E-state index contributed by atoms with van der Waals surface area (Å²) in [4.78, 5) is 72.7. The Morgan fingerprint density at radius 3 is 2.42 bits per heavy atom. The maximum absolute atomic E-state index is 15.0. The van der Waals surface area contributed by atoms with Crippen LogP contribution in [0.1, 0.15) is 124 Å². The molecule has 17 heteroatoms. The topological polar surface area (TPSA) is 169 Å². The summed E-state index contributed by atoms with van der Waals surface area (Å²) in [6.45, 7) is 7.60. The number of nitrogens with one attached hydrogen (secondary N) is 1. The maximum atomic E-state index is 15.0. The molecule has 1 spiro atoms. The standard InChI is InChI=1S/C56H65ClN10O5S/c1-33(35-9-13-39(14-10-35)51-34(2)58-32-73-51)59-52(70)47-28-41(68)29-65(47)54(72)50(66-30-44(61-62-66)37-11-12-37)38-19-25-64(26-20-38)48(69)31-63-23-17-36(18-24-63)40-15-16-42-46(27-40)67-45-8-6-7-43(57)49(45)53(71)60-55(67)56(42)21-4-3-5-22-56/h6-10,13-16,27,32-33,36-38,41,44,47,50,68H,3-5,11-12,17-26,28-31H2,1-2H3,(H,59,70)/t33-,41+,44?,47-,50-/m0/s1. The number of aromatic nitrogens is 3. The summed E-state index contributed by atoms with van der Waals surface area (Å²) in [6, 6.07) is 19.0. The van der Waals surface area contributed by atoms with E-state index in [9.17, 15) is 24.3 Å². The Bertz CT molecular complexity index is 3030. The Morgan fingerprint density at radius 2 is 1.70 bits per heavy atom. The van der Waals surface area contributed by atoms with Crippen LogP contribution in [0.4, 0.5) is 0 Å². The van der Waals surface area contributed by atoms with Crippen LogP contribution in [-0.4, -0.2) is 127 Å². The third-order valence-corrected chi connectivity index (χ3v) is 18.9. The van der Waals surface area contributed by atoms with Crippen molar-refractivity contribution in [3.05, 3.63) is 110 Å². The van der Waals surface area contributed by atoms with Gasteiger partial charge in [-0.1, -0.05) is 78.6 Å². The summed E-state index contributed by atoms with van der Waals surface area (Å²) in [5.74, 6) is 1.17. The Morgan fingerprint density at radius 1 is 0.932 bits per heavy atom. The molecule has 5 aromatic rings. The summed E-state index contributed by atoms with van der Waals surface area (Å²) in [6.07, 6.45) is 10.0. The molecule has 12 rings (SSSR count). The van der Waals surface area contributed by atoms with Crippen LogP contribution in [0.5, 0.6) is 0 Å². The van der Waals surface area contributed by atoms with Crippen molar-refractivity contribution in [1.82, 2.24) is 39.6 Å². The normalized spacial score (nSPS) is 24.1. The number of piperidine rings is 2. The van der Waals surface area contributed by atoms with Crippen molar-refractivity contribution >= 4 is 51.6 Å². The lowest BCUT2D eigenvalue weighted by Crippen LogP contribution is -2.57. The molecule has 3 saturated heterocycles. The Kier molecular flexibility index (Phi) is 13.0. The zero-order valence-corrected chi connectivity index (χ0v) is 43.4. The first-order valence-electron chi connectivity index (χ1n) is 26.8. The van der Waals surface area contributed by atoms with E-state index >= 15 is 0 Å². The average molecular weight is 1030 g/mol. The first kappa shape index (κ1) is 48.4. The number of rotatable bonds is 11. The van der Waals surface area contributed by atoms with Crippen LogP contribution in [0.25, 0.3) is 27.0 Å². The molecule has 3 amide bonds. The van der Waals surface area contributed by atoms with Gasteiger partial charge in [0.2, 0.25) is 17.7 Å². The highest BCUT2D eigenvalue weighted by Crippen LogP contribution is 2.52. The van der Waals surface area contributed by atoms with Crippen molar-refractivity contribution in [2.45, 2.75) is 133 Å². The number of β-amino-alcohol motifs (C(OH)–C–C–N with tert-alkyl or cyclic N) is 1. The highest BCUT2D eigenvalue weighted by atomic mass is 35.5. The fourth-order valence-corrected chi connectivity index (χ4v) is 14.4. The molecule has 5 fully saturated rings. The number of aliphatic hydroxyl groups is 1. The van der Waals surface area contributed by atoms with E-state index in [2.05, 4.69) is 48.3 Å². The van der Waals surface area contributed by atoms with Gasteiger partial charge in [-0.3, -0.25) is 33.7 Å². The number of hydrogen-bond acceptors (Lipinski definition) is 12. The molecule has 7 heterocycles. The van der Waals surface area contributed by atoms with Crippen LogP contribution in [0.2, 0.25) is 5.02 Å². The van der Waals surface area contributed by atoms with Gasteiger partial charge in [0.25, 0.3) is 5.56 Å². The van der Waals surface area contributed by atoms with Crippen molar-refractivity contribution in [3.63, 3.8) is 0 Å². The van der Waals surface area contributed by atoms with Crippen LogP contribution in [0, 0.1) is 18.8 Å². The maximum Gasteiger partial charge on any atom is 0.282 e. The van der Waals surface area contributed by atoms with E-state index in [4.69, 9.17) is 16.6 Å². The second kappa shape index (κ2) is 19.6. The van der Waals surface area contributed by atoms with Crippen LogP contribution in [0.15, 0.2) is 81.3 Å². The molecule has 15 nitrogen and oxygen atoms in total. The van der Waals surface area contributed by atoms with Gasteiger partial charge in [-0.25, -0.2) is 4.98 Å². The van der Waals surface area contributed by atoms with Crippen molar-refractivity contribution < 1.29 is 19.5 Å². The lowest BCUT2D eigenvalue weighted by molar-refractivity contribution is -0.146. The third-order valence-electron chi connectivity index (χ3n) is 17.6. The van der Waals surface area contributed by atoms with Crippen molar-refractivity contribution in [1.29, 1.82) is 0 Å². The van der Waals surface area contributed by atoms with Gasteiger partial charge in [0.1, 0.15) is 17.9 Å². The number of thiazole rings is 1. The molecule has 2 saturated carbocycles. The number of aryl methyl sites for hydroxylation is 1. The largest absolute Gasteiger partial charge is 0.391 e. The van der Waals surface area contributed by atoms with Crippen LogP contribution >= 0.6 is 22.9 Å². The smallest absolute Gasteiger partial charge is 0.282 e. The van der Waals surface area contributed by atoms with Gasteiger partial charge in [-0.15, -0.1) is 11.3 Å². The molecule has 2 N–H and O–H groups in total. The molecule has 5 aliphatic heterocycles. The number of benzene rings is 3. The van der Waals surface area contributed by atoms with Crippen LogP contribution in [-0.2, 0) is 19.8 Å². The van der Waals surface area contributed by atoms with Gasteiger partial charge in [0, 0.05) is 26.1 Å². The lowest BCUT2D eigenvalue weighted by atomic mass is 9.69. The molecule has 1 unspecified atom stereocenters. The molecule has 7 aliphatic rings. The van der Waals surface area contributed by atoms with E-state index in [1.54, 1.807) is 22.3 Å². The molecule has 3 aromatic carbocycles. The number of likely N-dealkylation sites (tertiary alicyclic amines) is 3. The van der Waals surface area contributed by atoms with Gasteiger partial charge >= 0.3 is 0 Å². The summed E-state index contributed by atoms with van der Waals surface area (Å²) in [5.41, 5.74) is 8.78. The molecular formula is C56H65ClN10O5S. The quantitative estimate of drug-likeness (QED) is 0.133. The zero-order chi connectivity index (χ0) is 50.1.